The number of benzene rings is 1. The number of nitrogens with zero attached hydrogens (tertiary/aromatic N) is 2. The van der Waals surface area contributed by atoms with Crippen molar-refractivity contribution in [2.75, 3.05) is 11.9 Å². The van der Waals surface area contributed by atoms with Crippen molar-refractivity contribution in [1.82, 2.24) is 9.78 Å². The standard InChI is InChI=1S/C18H25N3/c1-13(2)12-16-15-9-6-7-11-19-18(15)21(20-16)17-10-5-4-8-14(17)3/h4-5,8,10,13,19H,6-7,9,11-12H2,1-3H3. The maximum absolute atomic E-state index is 4.96. The number of aryl methyl sites for hydroxylation is 1. The minimum atomic E-state index is 0.637. The van der Waals surface area contributed by atoms with Gasteiger partial charge in [0.2, 0.25) is 0 Å². The van der Waals surface area contributed by atoms with E-state index in [9.17, 15) is 0 Å². The van der Waals surface area contributed by atoms with Gasteiger partial charge in [-0.3, -0.25) is 0 Å². The number of hydrogen-bond acceptors (Lipinski definition) is 2. The Morgan fingerprint density at radius 3 is 2.81 bits per heavy atom. The third-order valence-corrected chi connectivity index (χ3v) is 4.16. The first-order valence-corrected chi connectivity index (χ1v) is 8.07. The van der Waals surface area contributed by atoms with Crippen LogP contribution >= 0.6 is 0 Å². The summed E-state index contributed by atoms with van der Waals surface area (Å²) in [4.78, 5) is 0. The highest BCUT2D eigenvalue weighted by molar-refractivity contribution is 5.56. The van der Waals surface area contributed by atoms with Gasteiger partial charge in [-0.1, -0.05) is 32.0 Å². The fourth-order valence-electron chi connectivity index (χ4n) is 3.10. The molecule has 0 aliphatic carbocycles. The van der Waals surface area contributed by atoms with Crippen molar-refractivity contribution >= 4 is 5.82 Å². The average molecular weight is 283 g/mol. The second-order valence-electron chi connectivity index (χ2n) is 6.45. The Morgan fingerprint density at radius 1 is 1.24 bits per heavy atom. The second-order valence-corrected chi connectivity index (χ2v) is 6.45. The van der Waals surface area contributed by atoms with Gasteiger partial charge in [0.1, 0.15) is 5.82 Å². The average Bonchev–Trinajstić information content (AvgIpc) is 2.63. The normalized spacial score (nSPS) is 14.7. The van der Waals surface area contributed by atoms with Gasteiger partial charge in [0.15, 0.2) is 0 Å². The third-order valence-electron chi connectivity index (χ3n) is 4.16. The number of hydrogen-bond donors (Lipinski definition) is 1. The summed E-state index contributed by atoms with van der Waals surface area (Å²) in [6.45, 7) is 7.74. The van der Waals surface area contributed by atoms with Gasteiger partial charge < -0.3 is 5.32 Å². The number of aromatic nitrogens is 2. The topological polar surface area (TPSA) is 29.9 Å². The Morgan fingerprint density at radius 2 is 2.05 bits per heavy atom. The zero-order valence-electron chi connectivity index (χ0n) is 13.3. The van der Waals surface area contributed by atoms with E-state index in [4.69, 9.17) is 5.10 Å². The zero-order chi connectivity index (χ0) is 14.8. The SMILES string of the molecule is Cc1ccccc1-n1nc(CC(C)C)c2c1NCCCC2. The van der Waals surface area contributed by atoms with E-state index in [2.05, 4.69) is 55.0 Å². The molecule has 2 heterocycles. The number of para-hydroxylation sites is 1. The highest BCUT2D eigenvalue weighted by Crippen LogP contribution is 2.30. The van der Waals surface area contributed by atoms with E-state index in [-0.39, 0.29) is 0 Å². The Balaban J connectivity index is 2.12. The molecule has 1 aromatic carbocycles. The van der Waals surface area contributed by atoms with Crippen LogP contribution in [0.3, 0.4) is 0 Å². The molecule has 0 radical (unpaired) electrons. The van der Waals surface area contributed by atoms with E-state index in [1.165, 1.54) is 41.2 Å². The molecule has 1 aliphatic rings. The predicted molar refractivity (Wildman–Crippen MR) is 88.3 cm³/mol. The van der Waals surface area contributed by atoms with Crippen LogP contribution < -0.4 is 5.32 Å². The molecule has 1 aliphatic heterocycles. The highest BCUT2D eigenvalue weighted by Gasteiger charge is 2.21. The molecule has 112 valence electrons. The summed E-state index contributed by atoms with van der Waals surface area (Å²) < 4.78 is 2.13. The minimum Gasteiger partial charge on any atom is -0.370 e. The van der Waals surface area contributed by atoms with Crippen molar-refractivity contribution in [2.45, 2.75) is 46.5 Å². The monoisotopic (exact) mass is 283 g/mol. The van der Waals surface area contributed by atoms with Gasteiger partial charge in [0, 0.05) is 12.1 Å². The van der Waals surface area contributed by atoms with Gasteiger partial charge >= 0.3 is 0 Å². The van der Waals surface area contributed by atoms with Crippen LogP contribution in [0.4, 0.5) is 5.82 Å². The molecule has 0 bridgehead atoms. The molecule has 21 heavy (non-hydrogen) atoms. The van der Waals surface area contributed by atoms with Gasteiger partial charge in [0.25, 0.3) is 0 Å². The van der Waals surface area contributed by atoms with Crippen LogP contribution in [0.5, 0.6) is 0 Å². The molecule has 1 N–H and O–H groups in total. The predicted octanol–water partition coefficient (Wildman–Crippen LogP) is 4.13. The summed E-state index contributed by atoms with van der Waals surface area (Å²) in [5.41, 5.74) is 5.17. The number of anilines is 1. The first-order valence-electron chi connectivity index (χ1n) is 8.07. The van der Waals surface area contributed by atoms with Crippen molar-refractivity contribution in [1.29, 1.82) is 0 Å². The molecule has 1 aromatic heterocycles. The van der Waals surface area contributed by atoms with Crippen LogP contribution in [-0.2, 0) is 12.8 Å². The van der Waals surface area contributed by atoms with E-state index in [0.29, 0.717) is 5.92 Å². The summed E-state index contributed by atoms with van der Waals surface area (Å²) in [5, 5.41) is 8.57. The van der Waals surface area contributed by atoms with Gasteiger partial charge in [-0.2, -0.15) is 5.10 Å². The van der Waals surface area contributed by atoms with Gasteiger partial charge in [-0.05, 0) is 50.2 Å². The number of nitrogens with one attached hydrogen (secondary N) is 1. The van der Waals surface area contributed by atoms with Crippen LogP contribution in [0.1, 0.15) is 43.5 Å². The lowest BCUT2D eigenvalue weighted by Gasteiger charge is -2.11. The molecular formula is C18H25N3. The van der Waals surface area contributed by atoms with E-state index in [1.807, 2.05) is 0 Å². The Hall–Kier alpha value is -1.77. The Labute approximate surface area is 127 Å². The van der Waals surface area contributed by atoms with E-state index in [0.717, 1.165) is 19.4 Å². The smallest absolute Gasteiger partial charge is 0.133 e. The molecule has 0 saturated heterocycles. The molecule has 3 rings (SSSR count). The molecule has 3 nitrogen and oxygen atoms in total. The molecule has 0 amide bonds. The lowest BCUT2D eigenvalue weighted by Crippen LogP contribution is -2.08. The molecule has 0 spiro atoms. The molecule has 0 unspecified atom stereocenters. The Bertz CT molecular complexity index is 625. The minimum absolute atomic E-state index is 0.637. The first kappa shape index (κ1) is 14.2. The molecule has 0 fully saturated rings. The van der Waals surface area contributed by atoms with E-state index >= 15 is 0 Å². The highest BCUT2D eigenvalue weighted by atomic mass is 15.3. The lowest BCUT2D eigenvalue weighted by molar-refractivity contribution is 0.621. The van der Waals surface area contributed by atoms with Gasteiger partial charge in [-0.25, -0.2) is 4.68 Å². The van der Waals surface area contributed by atoms with E-state index < -0.39 is 0 Å². The Kier molecular flexibility index (Phi) is 4.00. The first-order chi connectivity index (χ1) is 10.2. The van der Waals surface area contributed by atoms with Crippen molar-refractivity contribution in [2.24, 2.45) is 5.92 Å². The molecule has 0 saturated carbocycles. The second kappa shape index (κ2) is 5.92. The maximum atomic E-state index is 4.96. The largest absolute Gasteiger partial charge is 0.370 e. The van der Waals surface area contributed by atoms with Crippen molar-refractivity contribution in [3.05, 3.63) is 41.1 Å². The third kappa shape index (κ3) is 2.82. The summed E-state index contributed by atoms with van der Waals surface area (Å²) in [7, 11) is 0. The summed E-state index contributed by atoms with van der Waals surface area (Å²) in [6, 6.07) is 8.50. The summed E-state index contributed by atoms with van der Waals surface area (Å²) in [5.74, 6) is 1.86. The fourth-order valence-corrected chi connectivity index (χ4v) is 3.10. The van der Waals surface area contributed by atoms with Crippen LogP contribution in [-0.4, -0.2) is 16.3 Å². The van der Waals surface area contributed by atoms with Gasteiger partial charge in [0.05, 0.1) is 11.4 Å². The molecule has 2 aromatic rings. The van der Waals surface area contributed by atoms with Crippen LogP contribution in [0.25, 0.3) is 5.69 Å². The summed E-state index contributed by atoms with van der Waals surface area (Å²) in [6.07, 6.45) is 4.70. The van der Waals surface area contributed by atoms with Crippen LogP contribution in [0.15, 0.2) is 24.3 Å². The van der Waals surface area contributed by atoms with E-state index in [1.54, 1.807) is 0 Å². The quantitative estimate of drug-likeness (QED) is 0.918. The fraction of sp³-hybridized carbons (Fsp3) is 0.500. The maximum Gasteiger partial charge on any atom is 0.133 e. The molecule has 0 atom stereocenters. The number of fused-ring (bicyclic) bond motifs is 1. The van der Waals surface area contributed by atoms with Crippen LogP contribution in [0, 0.1) is 12.8 Å². The molecule has 3 heteroatoms. The molecular weight excluding hydrogens is 258 g/mol. The van der Waals surface area contributed by atoms with Crippen molar-refractivity contribution < 1.29 is 0 Å². The van der Waals surface area contributed by atoms with Gasteiger partial charge in [-0.15, -0.1) is 0 Å². The number of rotatable bonds is 3. The summed E-state index contributed by atoms with van der Waals surface area (Å²) >= 11 is 0. The lowest BCUT2D eigenvalue weighted by atomic mass is 10.0. The van der Waals surface area contributed by atoms with Crippen molar-refractivity contribution in [3.63, 3.8) is 0 Å². The van der Waals surface area contributed by atoms with Crippen LogP contribution in [0.2, 0.25) is 0 Å². The zero-order valence-corrected chi connectivity index (χ0v) is 13.3. The van der Waals surface area contributed by atoms with Crippen molar-refractivity contribution in [3.8, 4) is 5.69 Å².